The summed E-state index contributed by atoms with van der Waals surface area (Å²) < 4.78 is 5.66. The SMILES string of the molecule is CC1CN(C(=O)C(CN)CC(C)(C)C)CC(C)O1. The third-order valence-corrected chi connectivity index (χ3v) is 3.22. The van der Waals surface area contributed by atoms with Crippen molar-refractivity contribution < 1.29 is 9.53 Å². The van der Waals surface area contributed by atoms with E-state index in [9.17, 15) is 4.79 Å². The number of rotatable bonds is 3. The predicted molar refractivity (Wildman–Crippen MR) is 73.2 cm³/mol. The molecule has 1 heterocycles. The first-order valence-electron chi connectivity index (χ1n) is 6.87. The molecule has 3 atom stereocenters. The third-order valence-electron chi connectivity index (χ3n) is 3.22. The fraction of sp³-hybridized carbons (Fsp3) is 0.929. The van der Waals surface area contributed by atoms with Crippen molar-refractivity contribution in [1.29, 1.82) is 0 Å². The van der Waals surface area contributed by atoms with E-state index in [0.29, 0.717) is 19.6 Å². The van der Waals surface area contributed by atoms with Crippen LogP contribution in [0.25, 0.3) is 0 Å². The van der Waals surface area contributed by atoms with Crippen molar-refractivity contribution in [2.24, 2.45) is 17.1 Å². The van der Waals surface area contributed by atoms with Crippen LogP contribution < -0.4 is 5.73 Å². The maximum absolute atomic E-state index is 12.5. The molecule has 0 radical (unpaired) electrons. The fourth-order valence-electron chi connectivity index (χ4n) is 2.63. The Morgan fingerprint density at radius 2 is 1.83 bits per heavy atom. The summed E-state index contributed by atoms with van der Waals surface area (Å²) in [6.07, 6.45) is 1.07. The zero-order valence-corrected chi connectivity index (χ0v) is 12.4. The first-order valence-corrected chi connectivity index (χ1v) is 6.87. The molecule has 0 spiro atoms. The van der Waals surface area contributed by atoms with Gasteiger partial charge in [-0.2, -0.15) is 0 Å². The van der Waals surface area contributed by atoms with Crippen molar-refractivity contribution in [3.63, 3.8) is 0 Å². The minimum atomic E-state index is -0.0671. The average Bonchev–Trinajstić information content (AvgIpc) is 2.22. The predicted octanol–water partition coefficient (Wildman–Crippen LogP) is 1.63. The summed E-state index contributed by atoms with van der Waals surface area (Å²) in [6.45, 7) is 12.3. The van der Waals surface area contributed by atoms with Crippen LogP contribution in [0.3, 0.4) is 0 Å². The molecule has 1 rings (SSSR count). The summed E-state index contributed by atoms with van der Waals surface area (Å²) in [7, 11) is 0. The van der Waals surface area contributed by atoms with Crippen LogP contribution in [0.4, 0.5) is 0 Å². The second kappa shape index (κ2) is 6.02. The largest absolute Gasteiger partial charge is 0.372 e. The van der Waals surface area contributed by atoms with E-state index in [0.717, 1.165) is 6.42 Å². The van der Waals surface area contributed by atoms with E-state index < -0.39 is 0 Å². The summed E-state index contributed by atoms with van der Waals surface area (Å²) in [6, 6.07) is 0. The minimum absolute atomic E-state index is 0.0671. The zero-order valence-electron chi connectivity index (χ0n) is 12.4. The van der Waals surface area contributed by atoms with Crippen LogP contribution >= 0.6 is 0 Å². The van der Waals surface area contributed by atoms with E-state index >= 15 is 0 Å². The van der Waals surface area contributed by atoms with Crippen LogP contribution in [0.5, 0.6) is 0 Å². The molecule has 0 saturated carbocycles. The number of ether oxygens (including phenoxy) is 1. The molecule has 1 aliphatic rings. The molecule has 0 aromatic rings. The van der Waals surface area contributed by atoms with Gasteiger partial charge in [-0.15, -0.1) is 0 Å². The number of amides is 1. The number of morpholine rings is 1. The van der Waals surface area contributed by atoms with Crippen molar-refractivity contribution >= 4 is 5.91 Å². The Morgan fingerprint density at radius 1 is 1.33 bits per heavy atom. The maximum atomic E-state index is 12.5. The summed E-state index contributed by atoms with van der Waals surface area (Å²) in [5.41, 5.74) is 5.91. The van der Waals surface area contributed by atoms with Crippen LogP contribution in [0.2, 0.25) is 0 Å². The molecule has 0 aromatic heterocycles. The lowest BCUT2D eigenvalue weighted by Gasteiger charge is -2.38. The van der Waals surface area contributed by atoms with Crippen LogP contribution in [-0.4, -0.2) is 42.6 Å². The minimum Gasteiger partial charge on any atom is -0.372 e. The van der Waals surface area contributed by atoms with Crippen molar-refractivity contribution in [3.8, 4) is 0 Å². The van der Waals surface area contributed by atoms with Gasteiger partial charge < -0.3 is 15.4 Å². The Kier molecular flexibility index (Phi) is 5.17. The Balaban J connectivity index is 2.65. The zero-order chi connectivity index (χ0) is 13.9. The van der Waals surface area contributed by atoms with Crippen molar-refractivity contribution in [2.75, 3.05) is 19.6 Å². The highest BCUT2D eigenvalue weighted by Crippen LogP contribution is 2.26. The standard InChI is InChI=1S/C14H28N2O2/c1-10-8-16(9-11(2)18-10)13(17)12(7-15)6-14(3,4)5/h10-12H,6-9,15H2,1-5H3. The number of hydrogen-bond donors (Lipinski definition) is 1. The van der Waals surface area contributed by atoms with Gasteiger partial charge in [0.2, 0.25) is 5.91 Å². The molecule has 1 fully saturated rings. The van der Waals surface area contributed by atoms with Gasteiger partial charge in [-0.3, -0.25) is 4.79 Å². The summed E-state index contributed by atoms with van der Waals surface area (Å²) in [4.78, 5) is 14.4. The van der Waals surface area contributed by atoms with E-state index in [2.05, 4.69) is 20.8 Å². The molecule has 0 bridgehead atoms. The van der Waals surface area contributed by atoms with E-state index in [1.165, 1.54) is 0 Å². The number of carbonyl (C=O) groups excluding carboxylic acids is 1. The highest BCUT2D eigenvalue weighted by Gasteiger charge is 2.31. The summed E-state index contributed by atoms with van der Waals surface area (Å²) in [5.74, 6) is 0.122. The van der Waals surface area contributed by atoms with Gasteiger partial charge in [0.1, 0.15) is 0 Å². The molecule has 0 aromatic carbocycles. The second-order valence-corrected chi connectivity index (χ2v) is 6.70. The highest BCUT2D eigenvalue weighted by atomic mass is 16.5. The Bertz CT molecular complexity index is 272. The van der Waals surface area contributed by atoms with Gasteiger partial charge in [0.15, 0.2) is 0 Å². The molecular formula is C14H28N2O2. The Hall–Kier alpha value is -0.610. The van der Waals surface area contributed by atoms with Gasteiger partial charge in [-0.05, 0) is 25.7 Å². The quantitative estimate of drug-likeness (QED) is 0.835. The molecule has 1 amide bonds. The van der Waals surface area contributed by atoms with Crippen LogP contribution in [0, 0.1) is 11.3 Å². The monoisotopic (exact) mass is 256 g/mol. The molecule has 3 unspecified atom stereocenters. The molecule has 2 N–H and O–H groups in total. The lowest BCUT2D eigenvalue weighted by atomic mass is 9.84. The Morgan fingerprint density at radius 3 is 2.22 bits per heavy atom. The van der Waals surface area contributed by atoms with Gasteiger partial charge in [-0.1, -0.05) is 20.8 Å². The van der Waals surface area contributed by atoms with Crippen LogP contribution in [0.15, 0.2) is 0 Å². The molecular weight excluding hydrogens is 228 g/mol. The number of hydrogen-bond acceptors (Lipinski definition) is 3. The van der Waals surface area contributed by atoms with E-state index in [4.69, 9.17) is 10.5 Å². The van der Waals surface area contributed by atoms with Gasteiger partial charge in [-0.25, -0.2) is 0 Å². The number of nitrogens with two attached hydrogens (primary N) is 1. The molecule has 18 heavy (non-hydrogen) atoms. The number of carbonyl (C=O) groups is 1. The molecule has 1 aliphatic heterocycles. The van der Waals surface area contributed by atoms with Crippen LogP contribution in [0.1, 0.15) is 41.0 Å². The van der Waals surface area contributed by atoms with E-state index in [1.807, 2.05) is 18.7 Å². The lowest BCUT2D eigenvalue weighted by Crippen LogP contribution is -2.51. The van der Waals surface area contributed by atoms with Crippen molar-refractivity contribution in [2.45, 2.75) is 53.2 Å². The van der Waals surface area contributed by atoms with Gasteiger partial charge in [0.05, 0.1) is 18.1 Å². The molecule has 4 heteroatoms. The average molecular weight is 256 g/mol. The van der Waals surface area contributed by atoms with Crippen molar-refractivity contribution in [1.82, 2.24) is 4.90 Å². The first kappa shape index (κ1) is 15.4. The first-order chi connectivity index (χ1) is 8.23. The topological polar surface area (TPSA) is 55.6 Å². The van der Waals surface area contributed by atoms with Gasteiger partial charge in [0.25, 0.3) is 0 Å². The molecule has 106 valence electrons. The maximum Gasteiger partial charge on any atom is 0.227 e. The van der Waals surface area contributed by atoms with Gasteiger partial charge >= 0.3 is 0 Å². The molecule has 4 nitrogen and oxygen atoms in total. The molecule has 0 aliphatic carbocycles. The summed E-state index contributed by atoms with van der Waals surface area (Å²) in [5, 5.41) is 0. The van der Waals surface area contributed by atoms with Gasteiger partial charge in [0, 0.05) is 19.6 Å². The normalized spacial score (nSPS) is 27.1. The number of nitrogens with zero attached hydrogens (tertiary/aromatic N) is 1. The highest BCUT2D eigenvalue weighted by molar-refractivity contribution is 5.79. The smallest absolute Gasteiger partial charge is 0.227 e. The lowest BCUT2D eigenvalue weighted by molar-refractivity contribution is -0.148. The Labute approximate surface area is 111 Å². The fourth-order valence-corrected chi connectivity index (χ4v) is 2.63. The van der Waals surface area contributed by atoms with Crippen molar-refractivity contribution in [3.05, 3.63) is 0 Å². The van der Waals surface area contributed by atoms with Crippen LogP contribution in [-0.2, 0) is 9.53 Å². The second-order valence-electron chi connectivity index (χ2n) is 6.70. The van der Waals surface area contributed by atoms with E-state index in [-0.39, 0.29) is 29.4 Å². The third kappa shape index (κ3) is 4.58. The summed E-state index contributed by atoms with van der Waals surface area (Å²) >= 11 is 0. The molecule has 1 saturated heterocycles. The van der Waals surface area contributed by atoms with E-state index in [1.54, 1.807) is 0 Å².